The van der Waals surface area contributed by atoms with Crippen molar-refractivity contribution in [2.75, 3.05) is 27.7 Å². The Morgan fingerprint density at radius 1 is 1.10 bits per heavy atom. The SMILES string of the molecule is CN=C(NCc1cccc(OCC(=O)N(C)C)c1)NCc1oc2ccccc2c1C.I. The number of aryl methyl sites for hydroxylation is 1. The first-order valence-electron chi connectivity index (χ1n) is 9.81. The van der Waals surface area contributed by atoms with E-state index in [1.54, 1.807) is 21.1 Å². The van der Waals surface area contributed by atoms with Gasteiger partial charge in [-0.05, 0) is 30.7 Å². The summed E-state index contributed by atoms with van der Waals surface area (Å²) < 4.78 is 11.5. The van der Waals surface area contributed by atoms with E-state index < -0.39 is 0 Å². The van der Waals surface area contributed by atoms with Crippen LogP contribution in [0, 0.1) is 6.92 Å². The third kappa shape index (κ3) is 6.61. The van der Waals surface area contributed by atoms with Gasteiger partial charge in [0.1, 0.15) is 17.1 Å². The minimum absolute atomic E-state index is 0. The van der Waals surface area contributed by atoms with Crippen LogP contribution in [0.15, 0.2) is 57.9 Å². The van der Waals surface area contributed by atoms with Crippen molar-refractivity contribution in [1.82, 2.24) is 15.5 Å². The zero-order valence-corrected chi connectivity index (χ0v) is 20.6. The standard InChI is InChI=1S/C23H28N4O3.HI/c1-16-19-10-5-6-11-20(19)30-21(16)14-26-23(24-2)25-13-17-8-7-9-18(12-17)29-15-22(28)27(3)4;/h5-12H,13-15H2,1-4H3,(H2,24,25,26);1H. The predicted molar refractivity (Wildman–Crippen MR) is 134 cm³/mol. The van der Waals surface area contributed by atoms with Crippen molar-refractivity contribution in [3.63, 3.8) is 0 Å². The first-order valence-corrected chi connectivity index (χ1v) is 9.81. The summed E-state index contributed by atoms with van der Waals surface area (Å²) >= 11 is 0. The molecule has 0 bridgehead atoms. The minimum atomic E-state index is -0.0796. The Morgan fingerprint density at radius 2 is 1.84 bits per heavy atom. The van der Waals surface area contributed by atoms with E-state index in [0.29, 0.717) is 24.8 Å². The van der Waals surface area contributed by atoms with Gasteiger partial charge in [0, 0.05) is 38.6 Å². The maximum atomic E-state index is 11.7. The van der Waals surface area contributed by atoms with E-state index in [1.807, 2.05) is 42.5 Å². The second kappa shape index (κ2) is 11.6. The highest BCUT2D eigenvalue weighted by molar-refractivity contribution is 14.0. The normalized spacial score (nSPS) is 11.0. The third-order valence-electron chi connectivity index (χ3n) is 4.80. The lowest BCUT2D eigenvalue weighted by Gasteiger charge is -2.13. The van der Waals surface area contributed by atoms with Gasteiger partial charge in [-0.25, -0.2) is 0 Å². The number of nitrogens with zero attached hydrogens (tertiary/aromatic N) is 2. The average molecular weight is 536 g/mol. The highest BCUT2D eigenvalue weighted by atomic mass is 127. The van der Waals surface area contributed by atoms with Crippen LogP contribution < -0.4 is 15.4 Å². The quantitative estimate of drug-likeness (QED) is 0.274. The molecule has 0 aliphatic rings. The summed E-state index contributed by atoms with van der Waals surface area (Å²) in [4.78, 5) is 17.5. The van der Waals surface area contributed by atoms with Crippen LogP contribution in [-0.4, -0.2) is 44.5 Å². The van der Waals surface area contributed by atoms with Crippen molar-refractivity contribution in [2.24, 2.45) is 4.99 Å². The van der Waals surface area contributed by atoms with Crippen molar-refractivity contribution < 1.29 is 13.9 Å². The molecule has 1 amide bonds. The monoisotopic (exact) mass is 536 g/mol. The number of likely N-dealkylation sites (N-methyl/N-ethyl adjacent to an activating group) is 1. The smallest absolute Gasteiger partial charge is 0.259 e. The van der Waals surface area contributed by atoms with Gasteiger partial charge in [-0.3, -0.25) is 9.79 Å². The maximum Gasteiger partial charge on any atom is 0.259 e. The molecule has 0 unspecified atom stereocenters. The van der Waals surface area contributed by atoms with Crippen molar-refractivity contribution in [1.29, 1.82) is 0 Å². The van der Waals surface area contributed by atoms with Gasteiger partial charge in [0.05, 0.1) is 6.54 Å². The molecule has 3 aromatic rings. The number of para-hydroxylation sites is 1. The van der Waals surface area contributed by atoms with Crippen LogP contribution in [0.1, 0.15) is 16.9 Å². The molecule has 2 N–H and O–H groups in total. The summed E-state index contributed by atoms with van der Waals surface area (Å²) in [6.07, 6.45) is 0. The van der Waals surface area contributed by atoms with E-state index >= 15 is 0 Å². The maximum absolute atomic E-state index is 11.7. The molecule has 0 saturated heterocycles. The Labute approximate surface area is 199 Å². The summed E-state index contributed by atoms with van der Waals surface area (Å²) in [5.74, 6) is 2.14. The minimum Gasteiger partial charge on any atom is -0.484 e. The molecule has 3 rings (SSSR count). The highest BCUT2D eigenvalue weighted by Gasteiger charge is 2.10. The summed E-state index contributed by atoms with van der Waals surface area (Å²) in [5.41, 5.74) is 3.04. The first kappa shape index (κ1) is 24.5. The van der Waals surface area contributed by atoms with E-state index in [0.717, 1.165) is 27.9 Å². The van der Waals surface area contributed by atoms with Crippen LogP contribution in [0.4, 0.5) is 0 Å². The Balaban J connectivity index is 0.00000341. The van der Waals surface area contributed by atoms with E-state index in [1.165, 1.54) is 4.90 Å². The first-order chi connectivity index (χ1) is 14.5. The molecule has 0 spiro atoms. The van der Waals surface area contributed by atoms with Gasteiger partial charge in [0.2, 0.25) is 0 Å². The Morgan fingerprint density at radius 3 is 2.55 bits per heavy atom. The number of hydrogen-bond acceptors (Lipinski definition) is 4. The molecule has 1 aromatic heterocycles. The second-order valence-corrected chi connectivity index (χ2v) is 7.15. The fourth-order valence-corrected chi connectivity index (χ4v) is 2.98. The molecule has 0 atom stereocenters. The average Bonchev–Trinajstić information content (AvgIpc) is 3.08. The van der Waals surface area contributed by atoms with Gasteiger partial charge in [0.25, 0.3) is 5.91 Å². The summed E-state index contributed by atoms with van der Waals surface area (Å²) in [6.45, 7) is 3.18. The van der Waals surface area contributed by atoms with E-state index in [9.17, 15) is 4.79 Å². The van der Waals surface area contributed by atoms with Gasteiger partial charge < -0.3 is 24.7 Å². The summed E-state index contributed by atoms with van der Waals surface area (Å²) in [7, 11) is 5.14. The third-order valence-corrected chi connectivity index (χ3v) is 4.80. The molecule has 8 heteroatoms. The van der Waals surface area contributed by atoms with Gasteiger partial charge in [0.15, 0.2) is 12.6 Å². The molecule has 1 heterocycles. The van der Waals surface area contributed by atoms with Gasteiger partial charge in [-0.2, -0.15) is 0 Å². The molecular weight excluding hydrogens is 507 g/mol. The molecule has 166 valence electrons. The lowest BCUT2D eigenvalue weighted by Crippen LogP contribution is -2.36. The Kier molecular flexibility index (Phi) is 9.17. The van der Waals surface area contributed by atoms with Gasteiger partial charge >= 0.3 is 0 Å². The number of halogens is 1. The van der Waals surface area contributed by atoms with Crippen molar-refractivity contribution >= 4 is 46.8 Å². The van der Waals surface area contributed by atoms with Crippen molar-refractivity contribution in [3.8, 4) is 5.75 Å². The number of carbonyl (C=O) groups excluding carboxylic acids is 1. The van der Waals surface area contributed by atoms with Gasteiger partial charge in [-0.1, -0.05) is 30.3 Å². The fraction of sp³-hybridized carbons (Fsp3) is 0.304. The van der Waals surface area contributed by atoms with Crippen LogP contribution in [0.2, 0.25) is 0 Å². The highest BCUT2D eigenvalue weighted by Crippen LogP contribution is 2.24. The number of amides is 1. The van der Waals surface area contributed by atoms with E-state index in [-0.39, 0.29) is 36.5 Å². The molecule has 0 aliphatic carbocycles. The van der Waals surface area contributed by atoms with E-state index in [4.69, 9.17) is 9.15 Å². The van der Waals surface area contributed by atoms with Crippen LogP contribution in [0.25, 0.3) is 11.0 Å². The number of aliphatic imine (C=N–C) groups is 1. The van der Waals surface area contributed by atoms with Crippen molar-refractivity contribution in [2.45, 2.75) is 20.0 Å². The number of guanidine groups is 1. The lowest BCUT2D eigenvalue weighted by molar-refractivity contribution is -0.130. The number of carbonyl (C=O) groups is 1. The molecule has 0 fully saturated rings. The second-order valence-electron chi connectivity index (χ2n) is 7.15. The Hall–Kier alpha value is -2.75. The fourth-order valence-electron chi connectivity index (χ4n) is 2.98. The number of rotatable bonds is 7. The number of nitrogens with one attached hydrogen (secondary N) is 2. The summed E-state index contributed by atoms with van der Waals surface area (Å²) in [6, 6.07) is 15.7. The zero-order chi connectivity index (χ0) is 21.5. The van der Waals surface area contributed by atoms with Crippen LogP contribution >= 0.6 is 24.0 Å². The van der Waals surface area contributed by atoms with Crippen LogP contribution in [0.3, 0.4) is 0 Å². The number of ether oxygens (including phenoxy) is 1. The van der Waals surface area contributed by atoms with Crippen LogP contribution in [-0.2, 0) is 17.9 Å². The number of furan rings is 1. The molecule has 7 nitrogen and oxygen atoms in total. The number of benzene rings is 2. The molecule has 0 aliphatic heterocycles. The predicted octanol–water partition coefficient (Wildman–Crippen LogP) is 3.69. The zero-order valence-electron chi connectivity index (χ0n) is 18.3. The number of hydrogen-bond donors (Lipinski definition) is 2. The molecule has 31 heavy (non-hydrogen) atoms. The Bertz CT molecular complexity index is 1050. The molecule has 0 saturated carbocycles. The topological polar surface area (TPSA) is 79.1 Å². The van der Waals surface area contributed by atoms with Gasteiger partial charge in [-0.15, -0.1) is 24.0 Å². The van der Waals surface area contributed by atoms with E-state index in [2.05, 4.69) is 28.6 Å². The van der Waals surface area contributed by atoms with Crippen molar-refractivity contribution in [3.05, 3.63) is 65.4 Å². The van der Waals surface area contributed by atoms with Crippen LogP contribution in [0.5, 0.6) is 5.75 Å². The lowest BCUT2D eigenvalue weighted by atomic mass is 10.1. The number of fused-ring (bicyclic) bond motifs is 1. The molecule has 2 aromatic carbocycles. The molecular formula is C23H29IN4O3. The summed E-state index contributed by atoms with van der Waals surface area (Å²) in [5, 5.41) is 7.70. The molecule has 0 radical (unpaired) electrons. The largest absolute Gasteiger partial charge is 0.484 e.